The van der Waals surface area contributed by atoms with Crippen molar-refractivity contribution in [2.24, 2.45) is 0 Å². The second-order valence-corrected chi connectivity index (χ2v) is 4.09. The molecule has 0 spiro atoms. The third-order valence-electron chi connectivity index (χ3n) is 2.88. The fourth-order valence-corrected chi connectivity index (χ4v) is 1.94. The van der Waals surface area contributed by atoms with E-state index in [0.29, 0.717) is 22.8 Å². The zero-order valence-electron chi connectivity index (χ0n) is 10.8. The molecule has 0 atom stereocenters. The van der Waals surface area contributed by atoms with Crippen LogP contribution in [0.5, 0.6) is 5.75 Å². The molecule has 0 aliphatic carbocycles. The van der Waals surface area contributed by atoms with Crippen LogP contribution in [0.15, 0.2) is 48.8 Å². The first-order valence-electron chi connectivity index (χ1n) is 6.03. The van der Waals surface area contributed by atoms with E-state index in [-0.39, 0.29) is 5.91 Å². The number of fused-ring (bicyclic) bond motifs is 1. The van der Waals surface area contributed by atoms with Crippen LogP contribution in [0.3, 0.4) is 0 Å². The Morgan fingerprint density at radius 1 is 1.20 bits per heavy atom. The SMILES string of the molecule is COc1ccccc1NC(=O)c1ccnc2ccnn12. The number of ether oxygens (including phenoxy) is 1. The number of carbonyl (C=O) groups is 1. The average Bonchev–Trinajstić information content (AvgIpc) is 2.96. The van der Waals surface area contributed by atoms with Crippen molar-refractivity contribution in [1.29, 1.82) is 0 Å². The van der Waals surface area contributed by atoms with Crippen LogP contribution in [-0.4, -0.2) is 27.6 Å². The molecular formula is C14H12N4O2. The molecule has 3 aromatic rings. The molecule has 1 amide bonds. The quantitative estimate of drug-likeness (QED) is 0.788. The lowest BCUT2D eigenvalue weighted by Crippen LogP contribution is -2.17. The Kier molecular flexibility index (Phi) is 3.04. The van der Waals surface area contributed by atoms with Gasteiger partial charge in [-0.25, -0.2) is 9.50 Å². The van der Waals surface area contributed by atoms with Gasteiger partial charge in [0, 0.05) is 12.3 Å². The number of carbonyl (C=O) groups excluding carboxylic acids is 1. The number of methoxy groups -OCH3 is 1. The van der Waals surface area contributed by atoms with E-state index in [4.69, 9.17) is 4.74 Å². The lowest BCUT2D eigenvalue weighted by Gasteiger charge is -2.10. The Morgan fingerprint density at radius 3 is 2.90 bits per heavy atom. The van der Waals surface area contributed by atoms with E-state index < -0.39 is 0 Å². The van der Waals surface area contributed by atoms with Crippen molar-refractivity contribution >= 4 is 17.2 Å². The lowest BCUT2D eigenvalue weighted by molar-refractivity contribution is 0.101. The number of hydrogen-bond acceptors (Lipinski definition) is 4. The van der Waals surface area contributed by atoms with Gasteiger partial charge >= 0.3 is 0 Å². The van der Waals surface area contributed by atoms with Gasteiger partial charge in [0.05, 0.1) is 19.0 Å². The highest BCUT2D eigenvalue weighted by molar-refractivity contribution is 6.04. The van der Waals surface area contributed by atoms with Crippen LogP contribution in [0.2, 0.25) is 0 Å². The molecule has 2 aromatic heterocycles. The molecule has 6 heteroatoms. The zero-order chi connectivity index (χ0) is 13.9. The van der Waals surface area contributed by atoms with Crippen molar-refractivity contribution in [1.82, 2.24) is 14.6 Å². The first-order valence-corrected chi connectivity index (χ1v) is 6.03. The van der Waals surface area contributed by atoms with Gasteiger partial charge in [0.1, 0.15) is 11.4 Å². The van der Waals surface area contributed by atoms with E-state index in [9.17, 15) is 4.79 Å². The van der Waals surface area contributed by atoms with Gasteiger partial charge in [0.25, 0.3) is 5.91 Å². The molecule has 100 valence electrons. The Bertz CT molecular complexity index is 766. The average molecular weight is 268 g/mol. The smallest absolute Gasteiger partial charge is 0.274 e. The van der Waals surface area contributed by atoms with Gasteiger partial charge in [-0.2, -0.15) is 5.10 Å². The largest absolute Gasteiger partial charge is 0.495 e. The van der Waals surface area contributed by atoms with Gasteiger partial charge in [-0.05, 0) is 18.2 Å². The number of anilines is 1. The molecule has 0 radical (unpaired) electrons. The third kappa shape index (κ3) is 2.07. The van der Waals surface area contributed by atoms with Crippen molar-refractivity contribution in [2.75, 3.05) is 12.4 Å². The topological polar surface area (TPSA) is 68.5 Å². The summed E-state index contributed by atoms with van der Waals surface area (Å²) in [7, 11) is 1.56. The molecule has 3 rings (SSSR count). The number of nitrogens with one attached hydrogen (secondary N) is 1. The maximum absolute atomic E-state index is 12.3. The second kappa shape index (κ2) is 5.00. The molecule has 2 heterocycles. The minimum Gasteiger partial charge on any atom is -0.495 e. The summed E-state index contributed by atoms with van der Waals surface area (Å²) in [6, 6.07) is 10.6. The number of hydrogen-bond donors (Lipinski definition) is 1. The van der Waals surface area contributed by atoms with Gasteiger partial charge in [-0.1, -0.05) is 12.1 Å². The highest BCUT2D eigenvalue weighted by Crippen LogP contribution is 2.23. The molecule has 6 nitrogen and oxygen atoms in total. The van der Waals surface area contributed by atoms with Crippen LogP contribution in [0.25, 0.3) is 5.65 Å². The lowest BCUT2D eigenvalue weighted by atomic mass is 10.2. The summed E-state index contributed by atoms with van der Waals surface area (Å²) < 4.78 is 6.70. The normalized spacial score (nSPS) is 10.4. The van der Waals surface area contributed by atoms with Gasteiger partial charge < -0.3 is 10.1 Å². The Morgan fingerprint density at radius 2 is 2.05 bits per heavy atom. The molecule has 0 unspecified atom stereocenters. The first kappa shape index (κ1) is 12.2. The molecule has 0 fully saturated rings. The van der Waals surface area contributed by atoms with Gasteiger partial charge in [-0.3, -0.25) is 4.79 Å². The molecule has 0 saturated heterocycles. The summed E-state index contributed by atoms with van der Waals surface area (Å²) in [5.41, 5.74) is 1.64. The van der Waals surface area contributed by atoms with Gasteiger partial charge in [-0.15, -0.1) is 0 Å². The van der Waals surface area contributed by atoms with E-state index in [2.05, 4.69) is 15.4 Å². The maximum Gasteiger partial charge on any atom is 0.274 e. The monoisotopic (exact) mass is 268 g/mol. The fraction of sp³-hybridized carbons (Fsp3) is 0.0714. The number of rotatable bonds is 3. The van der Waals surface area contributed by atoms with E-state index in [1.165, 1.54) is 4.52 Å². The number of amides is 1. The fourth-order valence-electron chi connectivity index (χ4n) is 1.94. The zero-order valence-corrected chi connectivity index (χ0v) is 10.8. The Hall–Kier alpha value is -2.89. The van der Waals surface area contributed by atoms with E-state index in [1.807, 2.05) is 12.1 Å². The molecule has 0 aliphatic heterocycles. The predicted octanol–water partition coefficient (Wildman–Crippen LogP) is 1.99. The first-order chi connectivity index (χ1) is 9.79. The molecule has 20 heavy (non-hydrogen) atoms. The summed E-state index contributed by atoms with van der Waals surface area (Å²) in [5, 5.41) is 6.89. The number of benzene rings is 1. The van der Waals surface area contributed by atoms with Crippen molar-refractivity contribution in [2.45, 2.75) is 0 Å². The summed E-state index contributed by atoms with van der Waals surface area (Å²) in [4.78, 5) is 16.5. The van der Waals surface area contributed by atoms with Crippen molar-refractivity contribution in [3.63, 3.8) is 0 Å². The van der Waals surface area contributed by atoms with Crippen LogP contribution < -0.4 is 10.1 Å². The Balaban J connectivity index is 1.95. The number of nitrogens with zero attached hydrogens (tertiary/aromatic N) is 3. The van der Waals surface area contributed by atoms with Crippen LogP contribution in [0.4, 0.5) is 5.69 Å². The van der Waals surface area contributed by atoms with Crippen molar-refractivity contribution in [3.8, 4) is 5.75 Å². The highest BCUT2D eigenvalue weighted by Gasteiger charge is 2.13. The molecule has 1 N–H and O–H groups in total. The van der Waals surface area contributed by atoms with Crippen LogP contribution in [0, 0.1) is 0 Å². The van der Waals surface area contributed by atoms with Gasteiger partial charge in [0.2, 0.25) is 0 Å². The number of para-hydroxylation sites is 2. The minimum atomic E-state index is -0.273. The molecule has 0 aliphatic rings. The maximum atomic E-state index is 12.3. The molecule has 1 aromatic carbocycles. The summed E-state index contributed by atoms with van der Waals surface area (Å²) >= 11 is 0. The van der Waals surface area contributed by atoms with E-state index in [1.54, 1.807) is 43.8 Å². The summed E-state index contributed by atoms with van der Waals surface area (Å²) in [6.07, 6.45) is 3.18. The van der Waals surface area contributed by atoms with E-state index >= 15 is 0 Å². The standard InChI is InChI=1S/C14H12N4O2/c1-20-12-5-3-2-4-10(12)17-14(19)11-6-8-15-13-7-9-16-18(11)13/h2-9H,1H3,(H,17,19). The van der Waals surface area contributed by atoms with Crippen molar-refractivity contribution in [3.05, 3.63) is 54.5 Å². The van der Waals surface area contributed by atoms with E-state index in [0.717, 1.165) is 0 Å². The van der Waals surface area contributed by atoms with Gasteiger partial charge in [0.15, 0.2) is 5.65 Å². The second-order valence-electron chi connectivity index (χ2n) is 4.09. The Labute approximate surface area is 115 Å². The minimum absolute atomic E-state index is 0.273. The van der Waals surface area contributed by atoms with Crippen molar-refractivity contribution < 1.29 is 9.53 Å². The molecule has 0 saturated carbocycles. The predicted molar refractivity (Wildman–Crippen MR) is 73.9 cm³/mol. The van der Waals surface area contributed by atoms with Crippen LogP contribution in [0.1, 0.15) is 10.5 Å². The van der Waals surface area contributed by atoms with Crippen LogP contribution in [-0.2, 0) is 0 Å². The molecular weight excluding hydrogens is 256 g/mol. The summed E-state index contributed by atoms with van der Waals surface area (Å²) in [6.45, 7) is 0. The summed E-state index contributed by atoms with van der Waals surface area (Å²) in [5.74, 6) is 0.331. The molecule has 0 bridgehead atoms. The highest BCUT2D eigenvalue weighted by atomic mass is 16.5. The third-order valence-corrected chi connectivity index (χ3v) is 2.88. The van der Waals surface area contributed by atoms with Crippen LogP contribution >= 0.6 is 0 Å². The number of aromatic nitrogens is 3.